The molecule has 0 saturated heterocycles. The lowest BCUT2D eigenvalue weighted by molar-refractivity contribution is 1.46. The Kier molecular flexibility index (Phi) is 7.67. The van der Waals surface area contributed by atoms with Crippen LogP contribution >= 0.6 is 22.7 Å². The molecule has 0 unspecified atom stereocenters. The summed E-state index contributed by atoms with van der Waals surface area (Å²) in [7, 11) is 0. The first-order chi connectivity index (χ1) is 26.7. The van der Waals surface area contributed by atoms with E-state index in [1.807, 2.05) is 53.8 Å². The maximum Gasteiger partial charge on any atom is 0.100 e. The van der Waals surface area contributed by atoms with Crippen LogP contribution in [0.1, 0.15) is 11.1 Å². The molecule has 0 aliphatic carbocycles. The van der Waals surface area contributed by atoms with E-state index in [2.05, 4.69) is 140 Å². The van der Waals surface area contributed by atoms with Crippen LogP contribution < -0.4 is 0 Å². The third-order valence-corrected chi connectivity index (χ3v) is 12.7. The SMILES string of the molecule is N#Cc1ccccc1-c1cc(-c2cc(-c3ccc4sc5ccccc5c4c3)cc(-c3ccc4sc5ccccc5c4c3)c2C#N)ccc1-c1ccccc1. The minimum atomic E-state index is 0.606. The number of benzene rings is 8. The van der Waals surface area contributed by atoms with E-state index >= 15 is 0 Å². The fraction of sp³-hybridized carbons (Fsp3) is 0. The Balaban J connectivity index is 1.25. The molecule has 0 amide bonds. The summed E-state index contributed by atoms with van der Waals surface area (Å²) in [4.78, 5) is 0. The van der Waals surface area contributed by atoms with Crippen molar-refractivity contribution in [2.45, 2.75) is 0 Å². The molecule has 2 aromatic heterocycles. The molecule has 8 aromatic carbocycles. The molecule has 0 aliphatic heterocycles. The van der Waals surface area contributed by atoms with E-state index in [0.29, 0.717) is 11.1 Å². The standard InChI is InChI=1S/C50H28N2S2/c51-29-35-12-4-5-13-37(35)43-25-33(18-21-38(43)31-10-2-1-3-11-31)41-27-36(32-19-22-49-44(24-32)39-14-6-8-16-47(39)53-49)28-42(46(41)30-52)34-20-23-50-45(26-34)40-15-7-9-17-48(40)54-50/h1-28H. The smallest absolute Gasteiger partial charge is 0.100 e. The Morgan fingerprint density at radius 1 is 0.315 bits per heavy atom. The number of nitriles is 2. The lowest BCUT2D eigenvalue weighted by Crippen LogP contribution is -1.95. The molecule has 0 aliphatic rings. The zero-order chi connectivity index (χ0) is 36.2. The number of nitrogens with zero attached hydrogens (tertiary/aromatic N) is 2. The second-order valence-electron chi connectivity index (χ2n) is 13.5. The van der Waals surface area contributed by atoms with Crippen LogP contribution in [0.2, 0.25) is 0 Å². The molecular weight excluding hydrogens is 693 g/mol. The van der Waals surface area contributed by atoms with E-state index in [0.717, 1.165) is 55.6 Å². The van der Waals surface area contributed by atoms with Gasteiger partial charge in [-0.2, -0.15) is 10.5 Å². The third-order valence-electron chi connectivity index (χ3n) is 10.4. The van der Waals surface area contributed by atoms with Gasteiger partial charge < -0.3 is 0 Å². The molecule has 0 radical (unpaired) electrons. The third kappa shape index (κ3) is 5.28. The van der Waals surface area contributed by atoms with Crippen LogP contribution in [0.5, 0.6) is 0 Å². The summed E-state index contributed by atoms with van der Waals surface area (Å²) in [6.07, 6.45) is 0. The molecule has 4 heteroatoms. The summed E-state index contributed by atoms with van der Waals surface area (Å²) in [6.45, 7) is 0. The normalized spacial score (nSPS) is 11.3. The van der Waals surface area contributed by atoms with Crippen molar-refractivity contribution in [3.05, 3.63) is 181 Å². The van der Waals surface area contributed by atoms with Gasteiger partial charge in [-0.3, -0.25) is 0 Å². The molecule has 0 bridgehead atoms. The molecule has 0 atom stereocenters. The second kappa shape index (κ2) is 13.0. The molecule has 2 nitrogen and oxygen atoms in total. The van der Waals surface area contributed by atoms with Crippen LogP contribution in [0, 0.1) is 22.7 Å². The highest BCUT2D eigenvalue weighted by Crippen LogP contribution is 2.44. The number of fused-ring (bicyclic) bond motifs is 6. The quantitative estimate of drug-likeness (QED) is 0.178. The molecule has 250 valence electrons. The molecular formula is C50H28N2S2. The van der Waals surface area contributed by atoms with Crippen molar-refractivity contribution >= 4 is 63.0 Å². The molecule has 10 rings (SSSR count). The average molecular weight is 721 g/mol. The Morgan fingerprint density at radius 2 is 0.833 bits per heavy atom. The summed E-state index contributed by atoms with van der Waals surface area (Å²) < 4.78 is 4.99. The Morgan fingerprint density at radius 3 is 1.50 bits per heavy atom. The van der Waals surface area contributed by atoms with Crippen molar-refractivity contribution in [2.75, 3.05) is 0 Å². The van der Waals surface area contributed by atoms with Gasteiger partial charge in [0.15, 0.2) is 0 Å². The van der Waals surface area contributed by atoms with Crippen molar-refractivity contribution in [3.63, 3.8) is 0 Å². The Labute approximate surface area is 320 Å². The summed E-state index contributed by atoms with van der Waals surface area (Å²) in [5.74, 6) is 0. The van der Waals surface area contributed by atoms with E-state index < -0.39 is 0 Å². The van der Waals surface area contributed by atoms with Gasteiger partial charge in [0, 0.05) is 57.0 Å². The van der Waals surface area contributed by atoms with E-state index in [9.17, 15) is 10.5 Å². The topological polar surface area (TPSA) is 47.6 Å². The highest BCUT2D eigenvalue weighted by Gasteiger charge is 2.20. The van der Waals surface area contributed by atoms with Gasteiger partial charge >= 0.3 is 0 Å². The highest BCUT2D eigenvalue weighted by atomic mass is 32.1. The second-order valence-corrected chi connectivity index (χ2v) is 15.6. The van der Waals surface area contributed by atoms with E-state index in [1.165, 1.54) is 40.3 Å². The van der Waals surface area contributed by atoms with Crippen LogP contribution in [0.15, 0.2) is 170 Å². The van der Waals surface area contributed by atoms with Crippen molar-refractivity contribution in [2.24, 2.45) is 0 Å². The van der Waals surface area contributed by atoms with Gasteiger partial charge in [0.1, 0.15) is 6.07 Å². The summed E-state index contributed by atoms with van der Waals surface area (Å²) >= 11 is 3.60. The fourth-order valence-corrected chi connectivity index (χ4v) is 9.98. The largest absolute Gasteiger partial charge is 0.192 e. The number of thiophene rings is 2. The Bertz CT molecular complexity index is 3190. The van der Waals surface area contributed by atoms with Crippen LogP contribution in [-0.2, 0) is 0 Å². The van der Waals surface area contributed by atoms with Crippen molar-refractivity contribution in [1.29, 1.82) is 10.5 Å². The predicted molar refractivity (Wildman–Crippen MR) is 229 cm³/mol. The van der Waals surface area contributed by atoms with Crippen molar-refractivity contribution in [1.82, 2.24) is 0 Å². The van der Waals surface area contributed by atoms with E-state index in [-0.39, 0.29) is 0 Å². The van der Waals surface area contributed by atoms with Gasteiger partial charge in [0.2, 0.25) is 0 Å². The molecule has 0 N–H and O–H groups in total. The fourth-order valence-electron chi connectivity index (χ4n) is 7.80. The average Bonchev–Trinajstić information content (AvgIpc) is 3.81. The number of hydrogen-bond donors (Lipinski definition) is 0. The monoisotopic (exact) mass is 720 g/mol. The molecule has 54 heavy (non-hydrogen) atoms. The van der Waals surface area contributed by atoms with Gasteiger partial charge in [-0.25, -0.2) is 0 Å². The predicted octanol–water partition coefficient (Wildman–Crippen LogP) is 14.5. The first kappa shape index (κ1) is 31.9. The molecule has 10 aromatic rings. The van der Waals surface area contributed by atoms with Gasteiger partial charge in [0.25, 0.3) is 0 Å². The van der Waals surface area contributed by atoms with Gasteiger partial charge in [-0.1, -0.05) is 109 Å². The minimum Gasteiger partial charge on any atom is -0.192 e. The highest BCUT2D eigenvalue weighted by molar-refractivity contribution is 7.26. The Hall–Kier alpha value is -6.82. The van der Waals surface area contributed by atoms with Gasteiger partial charge in [-0.05, 0) is 99.6 Å². The van der Waals surface area contributed by atoms with Crippen molar-refractivity contribution < 1.29 is 0 Å². The molecule has 0 spiro atoms. The maximum absolute atomic E-state index is 11.1. The summed E-state index contributed by atoms with van der Waals surface area (Å²) in [5.41, 5.74) is 10.9. The minimum absolute atomic E-state index is 0.606. The zero-order valence-electron chi connectivity index (χ0n) is 28.9. The van der Waals surface area contributed by atoms with Gasteiger partial charge in [-0.15, -0.1) is 22.7 Å². The summed E-state index contributed by atoms with van der Waals surface area (Å²) in [5, 5.41) is 26.2. The number of hydrogen-bond acceptors (Lipinski definition) is 4. The number of rotatable bonds is 5. The lowest BCUT2D eigenvalue weighted by atomic mass is 9.85. The maximum atomic E-state index is 11.1. The first-order valence-corrected chi connectivity index (χ1v) is 19.4. The van der Waals surface area contributed by atoms with Crippen LogP contribution in [0.25, 0.3) is 96.0 Å². The molecule has 0 fully saturated rings. The van der Waals surface area contributed by atoms with Crippen LogP contribution in [0.4, 0.5) is 0 Å². The summed E-state index contributed by atoms with van der Waals surface area (Å²) in [6, 6.07) is 64.3. The van der Waals surface area contributed by atoms with E-state index in [1.54, 1.807) is 11.3 Å². The van der Waals surface area contributed by atoms with Crippen LogP contribution in [0.3, 0.4) is 0 Å². The van der Waals surface area contributed by atoms with Crippen molar-refractivity contribution in [3.8, 4) is 67.8 Å². The molecule has 2 heterocycles. The van der Waals surface area contributed by atoms with Gasteiger partial charge in [0.05, 0.1) is 17.2 Å². The molecule has 0 saturated carbocycles. The lowest BCUT2D eigenvalue weighted by Gasteiger charge is -2.18. The van der Waals surface area contributed by atoms with E-state index in [4.69, 9.17) is 0 Å². The van der Waals surface area contributed by atoms with Crippen LogP contribution in [-0.4, -0.2) is 0 Å². The zero-order valence-corrected chi connectivity index (χ0v) is 30.5. The first-order valence-electron chi connectivity index (χ1n) is 17.8.